The number of carbonyl (C=O) groups is 1. The van der Waals surface area contributed by atoms with Crippen LogP contribution in [0.2, 0.25) is 0 Å². The molecule has 2 aromatic carbocycles. The molecule has 0 saturated carbocycles. The van der Waals surface area contributed by atoms with Crippen molar-refractivity contribution in [2.24, 2.45) is 0 Å². The average Bonchev–Trinajstić information content (AvgIpc) is 2.56. The van der Waals surface area contributed by atoms with Gasteiger partial charge in [-0.1, -0.05) is 60.2 Å². The first-order valence-corrected chi connectivity index (χ1v) is 8.08. The smallest absolute Gasteiger partial charge is 0.338 e. The first kappa shape index (κ1) is 17.7. The Morgan fingerprint density at radius 3 is 2.08 bits per heavy atom. The predicted molar refractivity (Wildman–Crippen MR) is 99.9 cm³/mol. The Balaban J connectivity index is 2.90. The Hall–Kier alpha value is -2.61. The van der Waals surface area contributed by atoms with Crippen molar-refractivity contribution in [1.29, 1.82) is 0 Å². The molecule has 0 unspecified atom stereocenters. The molecule has 0 N–H and O–H groups in total. The van der Waals surface area contributed by atoms with Crippen molar-refractivity contribution in [3.05, 3.63) is 88.0 Å². The Labute approximate surface area is 144 Å². The molecule has 0 amide bonds. The Kier molecular flexibility index (Phi) is 5.75. The molecule has 0 aliphatic heterocycles. The first-order valence-electron chi connectivity index (χ1n) is 8.08. The third-order valence-corrected chi connectivity index (χ3v) is 4.00. The number of esters is 1. The lowest BCUT2D eigenvalue weighted by Gasteiger charge is -2.18. The second-order valence-electron chi connectivity index (χ2n) is 5.92. The second kappa shape index (κ2) is 7.78. The molecule has 0 spiro atoms. The standard InChI is InChI=1S/C22H24O2/c1-6-10-19(22(23)24-5)21(18-11-8-7-9-12-18)20-16(3)13-15(2)14-17(20)4/h6-14H,1-5H3. The zero-order chi connectivity index (χ0) is 17.7. The van der Waals surface area contributed by atoms with E-state index in [9.17, 15) is 4.79 Å². The van der Waals surface area contributed by atoms with Crippen molar-refractivity contribution in [3.63, 3.8) is 0 Å². The SMILES string of the molecule is CC=CC(C(=O)OC)=C(c1ccccc1)c1c(C)cc(C)cc1C. The summed E-state index contributed by atoms with van der Waals surface area (Å²) in [5.74, 6) is -0.327. The van der Waals surface area contributed by atoms with Gasteiger partial charge in [-0.15, -0.1) is 0 Å². The maximum Gasteiger partial charge on any atom is 0.338 e. The van der Waals surface area contributed by atoms with Crippen LogP contribution in [0.5, 0.6) is 0 Å². The molecule has 0 radical (unpaired) electrons. The number of carbonyl (C=O) groups excluding carboxylic acids is 1. The summed E-state index contributed by atoms with van der Waals surface area (Å²) in [6, 6.07) is 14.3. The van der Waals surface area contributed by atoms with Crippen LogP contribution in [-0.4, -0.2) is 13.1 Å². The lowest BCUT2D eigenvalue weighted by molar-refractivity contribution is -0.135. The number of benzene rings is 2. The van der Waals surface area contributed by atoms with E-state index in [1.165, 1.54) is 12.7 Å². The molecule has 2 aromatic rings. The minimum atomic E-state index is -0.327. The van der Waals surface area contributed by atoms with Crippen LogP contribution in [0.3, 0.4) is 0 Å². The summed E-state index contributed by atoms with van der Waals surface area (Å²) in [4.78, 5) is 12.4. The van der Waals surface area contributed by atoms with E-state index in [2.05, 4.69) is 32.9 Å². The van der Waals surface area contributed by atoms with Gasteiger partial charge in [0, 0.05) is 5.57 Å². The van der Waals surface area contributed by atoms with Crippen LogP contribution in [-0.2, 0) is 9.53 Å². The molecule has 0 aliphatic carbocycles. The number of aryl methyl sites for hydroxylation is 3. The van der Waals surface area contributed by atoms with Gasteiger partial charge in [0.2, 0.25) is 0 Å². The Bertz CT molecular complexity index is 773. The third-order valence-electron chi connectivity index (χ3n) is 4.00. The minimum absolute atomic E-state index is 0.327. The predicted octanol–water partition coefficient (Wildman–Crippen LogP) is 5.16. The highest BCUT2D eigenvalue weighted by Crippen LogP contribution is 2.33. The summed E-state index contributed by atoms with van der Waals surface area (Å²) in [5, 5.41) is 0. The van der Waals surface area contributed by atoms with Crippen LogP contribution in [0, 0.1) is 20.8 Å². The highest BCUT2D eigenvalue weighted by Gasteiger charge is 2.20. The zero-order valence-corrected chi connectivity index (χ0v) is 15.0. The molecule has 2 rings (SSSR count). The second-order valence-corrected chi connectivity index (χ2v) is 5.92. The van der Waals surface area contributed by atoms with E-state index in [1.54, 1.807) is 0 Å². The van der Waals surface area contributed by atoms with Crippen molar-refractivity contribution in [3.8, 4) is 0 Å². The van der Waals surface area contributed by atoms with Gasteiger partial charge < -0.3 is 4.74 Å². The Morgan fingerprint density at radius 2 is 1.58 bits per heavy atom. The number of ether oxygens (including phenoxy) is 1. The lowest BCUT2D eigenvalue weighted by atomic mass is 9.86. The average molecular weight is 320 g/mol. The molecule has 0 saturated heterocycles. The van der Waals surface area contributed by atoms with Gasteiger partial charge in [-0.3, -0.25) is 0 Å². The van der Waals surface area contributed by atoms with Crippen molar-refractivity contribution in [1.82, 2.24) is 0 Å². The topological polar surface area (TPSA) is 26.3 Å². The number of allylic oxidation sites excluding steroid dienone is 1. The van der Waals surface area contributed by atoms with Gasteiger partial charge in [0.05, 0.1) is 12.7 Å². The van der Waals surface area contributed by atoms with Crippen LogP contribution < -0.4 is 0 Å². The molecular weight excluding hydrogens is 296 g/mol. The van der Waals surface area contributed by atoms with Crippen molar-refractivity contribution in [2.75, 3.05) is 7.11 Å². The maximum absolute atomic E-state index is 12.4. The van der Waals surface area contributed by atoms with Gasteiger partial charge in [-0.25, -0.2) is 4.79 Å². The number of rotatable bonds is 4. The van der Waals surface area contributed by atoms with E-state index in [1.807, 2.05) is 49.4 Å². The van der Waals surface area contributed by atoms with E-state index in [0.717, 1.165) is 27.8 Å². The maximum atomic E-state index is 12.4. The summed E-state index contributed by atoms with van der Waals surface area (Å²) in [5.41, 5.74) is 7.09. The van der Waals surface area contributed by atoms with Crippen LogP contribution >= 0.6 is 0 Å². The van der Waals surface area contributed by atoms with E-state index >= 15 is 0 Å². The largest absolute Gasteiger partial charge is 0.465 e. The summed E-state index contributed by atoms with van der Waals surface area (Å²) in [7, 11) is 1.42. The number of hydrogen-bond acceptors (Lipinski definition) is 2. The molecule has 0 bridgehead atoms. The van der Waals surface area contributed by atoms with E-state index < -0.39 is 0 Å². The normalized spacial score (nSPS) is 12.2. The molecule has 2 nitrogen and oxygen atoms in total. The molecule has 0 heterocycles. The molecule has 0 fully saturated rings. The molecule has 24 heavy (non-hydrogen) atoms. The third kappa shape index (κ3) is 3.65. The van der Waals surface area contributed by atoms with Crippen LogP contribution in [0.15, 0.2) is 60.2 Å². The summed E-state index contributed by atoms with van der Waals surface area (Å²) in [6.07, 6.45) is 3.70. The van der Waals surface area contributed by atoms with Gasteiger partial charge >= 0.3 is 5.97 Å². The van der Waals surface area contributed by atoms with Gasteiger partial charge in [0.15, 0.2) is 0 Å². The monoisotopic (exact) mass is 320 g/mol. The lowest BCUT2D eigenvalue weighted by Crippen LogP contribution is -2.08. The van der Waals surface area contributed by atoms with E-state index in [-0.39, 0.29) is 5.97 Å². The highest BCUT2D eigenvalue weighted by atomic mass is 16.5. The molecule has 124 valence electrons. The van der Waals surface area contributed by atoms with Crippen LogP contribution in [0.4, 0.5) is 0 Å². The van der Waals surface area contributed by atoms with Gasteiger partial charge in [0.25, 0.3) is 0 Å². The first-order chi connectivity index (χ1) is 11.5. The highest BCUT2D eigenvalue weighted by molar-refractivity contribution is 6.05. The summed E-state index contributed by atoms with van der Waals surface area (Å²) < 4.78 is 5.04. The number of hydrogen-bond donors (Lipinski definition) is 0. The molecule has 0 aromatic heterocycles. The van der Waals surface area contributed by atoms with Gasteiger partial charge in [-0.05, 0) is 49.9 Å². The van der Waals surface area contributed by atoms with Crippen molar-refractivity contribution < 1.29 is 9.53 Å². The van der Waals surface area contributed by atoms with Crippen LogP contribution in [0.25, 0.3) is 5.57 Å². The van der Waals surface area contributed by atoms with Crippen molar-refractivity contribution >= 4 is 11.5 Å². The van der Waals surface area contributed by atoms with Gasteiger partial charge in [0.1, 0.15) is 0 Å². The number of methoxy groups -OCH3 is 1. The summed E-state index contributed by atoms with van der Waals surface area (Å²) in [6.45, 7) is 8.16. The minimum Gasteiger partial charge on any atom is -0.465 e. The summed E-state index contributed by atoms with van der Waals surface area (Å²) >= 11 is 0. The fraction of sp³-hybridized carbons (Fsp3) is 0.227. The Morgan fingerprint density at radius 1 is 1.00 bits per heavy atom. The zero-order valence-electron chi connectivity index (χ0n) is 15.0. The molecular formula is C22H24O2. The van der Waals surface area contributed by atoms with Crippen LogP contribution in [0.1, 0.15) is 34.7 Å². The van der Waals surface area contributed by atoms with Crippen molar-refractivity contribution in [2.45, 2.75) is 27.7 Å². The van der Waals surface area contributed by atoms with E-state index in [4.69, 9.17) is 4.74 Å². The fourth-order valence-electron chi connectivity index (χ4n) is 3.14. The molecule has 0 atom stereocenters. The van der Waals surface area contributed by atoms with E-state index in [0.29, 0.717) is 5.57 Å². The quantitative estimate of drug-likeness (QED) is 0.442. The molecule has 0 aliphatic rings. The fourth-order valence-corrected chi connectivity index (χ4v) is 3.14. The molecule has 2 heteroatoms. The van der Waals surface area contributed by atoms with Gasteiger partial charge in [-0.2, -0.15) is 0 Å².